The number of carbonyl (C=O) groups excluding carboxylic acids is 4. The van der Waals surface area contributed by atoms with Crippen LogP contribution in [0.5, 0.6) is 0 Å². The van der Waals surface area contributed by atoms with Gasteiger partial charge in [0, 0.05) is 0 Å². The fourth-order valence-corrected chi connectivity index (χ4v) is 3.73. The standard InChI is InChI=1S/C22H21N3O4/c26-19-11-17(21(28)24(19)13-15-7-3-1-4-8-15)23-18-12-20(27)25(22(18)29)14-16-9-5-2-6-10-16/h1-10,17-18,23H,11-14H2/t17-,18-/m0/s1. The number of benzene rings is 2. The number of hydrogen-bond acceptors (Lipinski definition) is 5. The van der Waals surface area contributed by atoms with Gasteiger partial charge in [0.1, 0.15) is 0 Å². The maximum absolute atomic E-state index is 12.7. The summed E-state index contributed by atoms with van der Waals surface area (Å²) in [6, 6.07) is 16.9. The smallest absolute Gasteiger partial charge is 0.247 e. The van der Waals surface area contributed by atoms with Crippen LogP contribution < -0.4 is 5.32 Å². The topological polar surface area (TPSA) is 86.8 Å². The predicted octanol–water partition coefficient (Wildman–Crippen LogP) is 1.23. The summed E-state index contributed by atoms with van der Waals surface area (Å²) in [7, 11) is 0. The number of rotatable bonds is 6. The predicted molar refractivity (Wildman–Crippen MR) is 104 cm³/mol. The molecular formula is C22H21N3O4. The Morgan fingerprint density at radius 2 is 1.03 bits per heavy atom. The number of carbonyl (C=O) groups is 4. The van der Waals surface area contributed by atoms with Crippen LogP contribution in [0.3, 0.4) is 0 Å². The molecule has 2 atom stereocenters. The summed E-state index contributed by atoms with van der Waals surface area (Å²) in [4.78, 5) is 52.5. The lowest BCUT2D eigenvalue weighted by Crippen LogP contribution is -2.47. The summed E-state index contributed by atoms with van der Waals surface area (Å²) >= 11 is 0. The van der Waals surface area contributed by atoms with Gasteiger partial charge in [0.05, 0.1) is 38.0 Å². The van der Waals surface area contributed by atoms with E-state index in [4.69, 9.17) is 0 Å². The van der Waals surface area contributed by atoms with E-state index in [1.165, 1.54) is 9.80 Å². The van der Waals surface area contributed by atoms with Gasteiger partial charge in [-0.3, -0.25) is 34.3 Å². The van der Waals surface area contributed by atoms with E-state index in [0.717, 1.165) is 11.1 Å². The van der Waals surface area contributed by atoms with Gasteiger partial charge in [0.2, 0.25) is 23.6 Å². The maximum atomic E-state index is 12.7. The van der Waals surface area contributed by atoms with E-state index < -0.39 is 12.1 Å². The molecule has 2 aliphatic rings. The lowest BCUT2D eigenvalue weighted by atomic mass is 10.1. The van der Waals surface area contributed by atoms with Gasteiger partial charge in [-0.1, -0.05) is 60.7 Å². The Labute approximate surface area is 168 Å². The summed E-state index contributed by atoms with van der Waals surface area (Å²) in [6.45, 7) is 0.405. The van der Waals surface area contributed by atoms with Crippen LogP contribution in [0, 0.1) is 0 Å². The third kappa shape index (κ3) is 3.95. The molecule has 0 saturated carbocycles. The van der Waals surface area contributed by atoms with Crippen LogP contribution >= 0.6 is 0 Å². The van der Waals surface area contributed by atoms with Crippen LogP contribution in [0.1, 0.15) is 24.0 Å². The van der Waals surface area contributed by atoms with Crippen molar-refractivity contribution < 1.29 is 19.2 Å². The summed E-state index contributed by atoms with van der Waals surface area (Å²) in [5, 5.41) is 2.95. The van der Waals surface area contributed by atoms with Gasteiger partial charge in [-0.25, -0.2) is 0 Å². The van der Waals surface area contributed by atoms with Gasteiger partial charge in [-0.2, -0.15) is 0 Å². The van der Waals surface area contributed by atoms with E-state index in [9.17, 15) is 19.2 Å². The van der Waals surface area contributed by atoms with E-state index in [0.29, 0.717) is 0 Å². The molecule has 0 unspecified atom stereocenters. The van der Waals surface area contributed by atoms with Gasteiger partial charge >= 0.3 is 0 Å². The number of hydrogen-bond donors (Lipinski definition) is 1. The van der Waals surface area contributed by atoms with Crippen LogP contribution in [0.15, 0.2) is 60.7 Å². The lowest BCUT2D eigenvalue weighted by Gasteiger charge is -2.18. The van der Waals surface area contributed by atoms with Crippen LogP contribution in [-0.4, -0.2) is 45.5 Å². The first kappa shape index (κ1) is 19.0. The van der Waals surface area contributed by atoms with Crippen molar-refractivity contribution >= 4 is 23.6 Å². The number of imide groups is 2. The molecule has 2 aliphatic heterocycles. The zero-order chi connectivity index (χ0) is 20.4. The Hall–Kier alpha value is -3.32. The first-order valence-electron chi connectivity index (χ1n) is 9.55. The molecule has 2 heterocycles. The minimum Gasteiger partial charge on any atom is -0.294 e. The second kappa shape index (κ2) is 7.97. The van der Waals surface area contributed by atoms with Crippen LogP contribution in [0.2, 0.25) is 0 Å². The third-order valence-electron chi connectivity index (χ3n) is 5.26. The Balaban J connectivity index is 1.40. The monoisotopic (exact) mass is 391 g/mol. The lowest BCUT2D eigenvalue weighted by molar-refractivity contribution is -0.140. The molecule has 2 fully saturated rings. The molecule has 7 heteroatoms. The van der Waals surface area contributed by atoms with Crippen molar-refractivity contribution in [2.45, 2.75) is 38.0 Å². The third-order valence-corrected chi connectivity index (χ3v) is 5.26. The number of nitrogens with zero attached hydrogens (tertiary/aromatic N) is 2. The molecule has 4 rings (SSSR count). The number of amides is 4. The normalized spacial score (nSPS) is 22.1. The molecule has 0 radical (unpaired) electrons. The van der Waals surface area contributed by atoms with E-state index in [1.54, 1.807) is 0 Å². The van der Waals surface area contributed by atoms with Gasteiger partial charge < -0.3 is 0 Å². The summed E-state index contributed by atoms with van der Waals surface area (Å²) in [6.07, 6.45) is -0.0232. The quantitative estimate of drug-likeness (QED) is 0.749. The van der Waals surface area contributed by atoms with Crippen molar-refractivity contribution in [1.29, 1.82) is 0 Å². The minimum atomic E-state index is -0.787. The van der Waals surface area contributed by atoms with Gasteiger partial charge in [0.15, 0.2) is 0 Å². The molecule has 4 amide bonds. The maximum Gasteiger partial charge on any atom is 0.247 e. The van der Waals surface area contributed by atoms with Crippen molar-refractivity contribution in [2.75, 3.05) is 0 Å². The van der Waals surface area contributed by atoms with Crippen molar-refractivity contribution in [2.24, 2.45) is 0 Å². The molecule has 1 N–H and O–H groups in total. The van der Waals surface area contributed by atoms with Crippen molar-refractivity contribution in [3.63, 3.8) is 0 Å². The Morgan fingerprint density at radius 3 is 1.41 bits per heavy atom. The Kier molecular flexibility index (Phi) is 5.22. The highest BCUT2D eigenvalue weighted by molar-refractivity contribution is 6.08. The highest BCUT2D eigenvalue weighted by Gasteiger charge is 2.44. The molecule has 0 aromatic heterocycles. The zero-order valence-electron chi connectivity index (χ0n) is 15.8. The summed E-state index contributed by atoms with van der Waals surface area (Å²) < 4.78 is 0. The molecule has 7 nitrogen and oxygen atoms in total. The van der Waals surface area contributed by atoms with E-state index >= 15 is 0 Å². The molecule has 2 aromatic carbocycles. The molecule has 0 aliphatic carbocycles. The van der Waals surface area contributed by atoms with Crippen LogP contribution in [0.4, 0.5) is 0 Å². The Bertz CT molecular complexity index is 868. The highest BCUT2D eigenvalue weighted by atomic mass is 16.2. The van der Waals surface area contributed by atoms with Crippen LogP contribution in [-0.2, 0) is 32.3 Å². The molecular weight excluding hydrogens is 370 g/mol. The van der Waals surface area contributed by atoms with Crippen molar-refractivity contribution in [3.8, 4) is 0 Å². The van der Waals surface area contributed by atoms with Gasteiger partial charge in [-0.05, 0) is 11.1 Å². The second-order valence-corrected chi connectivity index (χ2v) is 7.29. The average Bonchev–Trinajstić information content (AvgIpc) is 3.14. The number of nitrogens with one attached hydrogen (secondary N) is 1. The fourth-order valence-electron chi connectivity index (χ4n) is 3.73. The average molecular weight is 391 g/mol. The minimum absolute atomic E-state index is 0.0116. The Morgan fingerprint density at radius 1 is 0.655 bits per heavy atom. The van der Waals surface area contributed by atoms with Gasteiger partial charge in [-0.15, -0.1) is 0 Å². The molecule has 0 bridgehead atoms. The van der Waals surface area contributed by atoms with Gasteiger partial charge in [0.25, 0.3) is 0 Å². The van der Waals surface area contributed by atoms with Crippen molar-refractivity contribution in [3.05, 3.63) is 71.8 Å². The van der Waals surface area contributed by atoms with E-state index in [-0.39, 0.29) is 49.6 Å². The highest BCUT2D eigenvalue weighted by Crippen LogP contribution is 2.21. The molecule has 148 valence electrons. The summed E-state index contributed by atoms with van der Waals surface area (Å²) in [5.41, 5.74) is 1.71. The van der Waals surface area contributed by atoms with E-state index in [2.05, 4.69) is 5.32 Å². The molecule has 2 saturated heterocycles. The largest absolute Gasteiger partial charge is 0.294 e. The molecule has 2 aromatic rings. The second-order valence-electron chi connectivity index (χ2n) is 7.29. The fraction of sp³-hybridized carbons (Fsp3) is 0.273. The van der Waals surface area contributed by atoms with Crippen molar-refractivity contribution in [1.82, 2.24) is 15.1 Å². The van der Waals surface area contributed by atoms with Crippen LogP contribution in [0.25, 0.3) is 0 Å². The van der Waals surface area contributed by atoms with E-state index in [1.807, 2.05) is 60.7 Å². The number of likely N-dealkylation sites (tertiary alicyclic amines) is 2. The summed E-state index contributed by atoms with van der Waals surface area (Å²) in [5.74, 6) is -1.29. The first-order chi connectivity index (χ1) is 14.0. The molecule has 29 heavy (non-hydrogen) atoms. The first-order valence-corrected chi connectivity index (χ1v) is 9.55. The SMILES string of the molecule is O=C1C[C@H](N[C@H]2CC(=O)N(Cc3ccccc3)C2=O)C(=O)N1Cc1ccccc1. The zero-order valence-corrected chi connectivity index (χ0v) is 15.8. The molecule has 0 spiro atoms.